The number of aliphatic imine (C=N–C) groups is 1. The van der Waals surface area contributed by atoms with Crippen LogP contribution in [0, 0.1) is 0 Å². The minimum atomic E-state index is -1.43. The van der Waals surface area contributed by atoms with Crippen LogP contribution in [-0.2, 0) is 62.4 Å². The Morgan fingerprint density at radius 1 is 0.662 bits per heavy atom. The normalized spacial score (nSPS) is 15.8. The van der Waals surface area contributed by atoms with Crippen LogP contribution in [0.15, 0.2) is 78.3 Å². The van der Waals surface area contributed by atoms with Crippen molar-refractivity contribution in [2.24, 2.45) is 22.2 Å². The maximum Gasteiger partial charge on any atom is 0.325 e. The second-order valence-corrected chi connectivity index (χ2v) is 20.5. The Hall–Kier alpha value is -8.14. The SMILES string of the molecule is CCCC[C@@H](C(=O)N[C@H](CS)C(=O)N[C@@H](C)C(=O)N[C@H](Cc1cnc[nH]1)C(=O)N[C@@H](Cc1ccccc1)C(=O)N[C@H](CCCN=C(N)N)C(=O)N[C@@H](Cc1c[nH]c2ccccc12)C(=O)N[C@H](CS)C(N)=O)N1C(=O)NC(C)(C)C1=O. The molecule has 2 aromatic heterocycles. The van der Waals surface area contributed by atoms with Gasteiger partial charge in [0, 0.05) is 66.3 Å². The van der Waals surface area contributed by atoms with E-state index in [1.807, 2.05) is 25.1 Å². The molecule has 0 bridgehead atoms. The van der Waals surface area contributed by atoms with Gasteiger partial charge in [0.25, 0.3) is 5.91 Å². The summed E-state index contributed by atoms with van der Waals surface area (Å²) >= 11 is 8.41. The molecule has 0 spiro atoms. The van der Waals surface area contributed by atoms with Gasteiger partial charge in [-0.05, 0) is 57.2 Å². The zero-order valence-corrected chi connectivity index (χ0v) is 46.7. The number of nitrogens with two attached hydrogens (primary N) is 3. The zero-order valence-electron chi connectivity index (χ0n) is 44.9. The van der Waals surface area contributed by atoms with Crippen molar-refractivity contribution in [1.29, 1.82) is 0 Å². The van der Waals surface area contributed by atoms with E-state index in [-0.39, 0.29) is 62.5 Å². The summed E-state index contributed by atoms with van der Waals surface area (Å²) in [5.41, 5.74) is 17.8. The number of aromatic amines is 2. The number of rotatable bonds is 31. The van der Waals surface area contributed by atoms with Gasteiger partial charge in [0.05, 0.1) is 6.33 Å². The lowest BCUT2D eigenvalue weighted by Crippen LogP contribution is -2.61. The molecule has 26 nitrogen and oxygen atoms in total. The highest BCUT2D eigenvalue weighted by molar-refractivity contribution is 7.80. The van der Waals surface area contributed by atoms with Gasteiger partial charge >= 0.3 is 6.03 Å². The minimum Gasteiger partial charge on any atom is -0.370 e. The van der Waals surface area contributed by atoms with Crippen molar-refractivity contribution in [2.75, 3.05) is 18.1 Å². The van der Waals surface area contributed by atoms with Crippen LogP contribution in [0.1, 0.15) is 76.6 Å². The fourth-order valence-electron chi connectivity index (χ4n) is 8.65. The minimum absolute atomic E-state index is 0.0462. The zero-order chi connectivity index (χ0) is 58.7. The van der Waals surface area contributed by atoms with Gasteiger partial charge in [0.2, 0.25) is 47.3 Å². The van der Waals surface area contributed by atoms with Crippen LogP contribution in [0.2, 0.25) is 0 Å². The van der Waals surface area contributed by atoms with Gasteiger partial charge < -0.3 is 69.7 Å². The second-order valence-electron chi connectivity index (χ2n) is 19.7. The summed E-state index contributed by atoms with van der Waals surface area (Å²) < 4.78 is 0. The summed E-state index contributed by atoms with van der Waals surface area (Å²) in [6.45, 7) is 6.27. The number of nitrogens with zero attached hydrogens (tertiary/aromatic N) is 3. The highest BCUT2D eigenvalue weighted by atomic mass is 32.1. The molecule has 11 amide bonds. The number of amides is 11. The number of para-hydroxylation sites is 1. The fourth-order valence-corrected chi connectivity index (χ4v) is 9.18. The van der Waals surface area contributed by atoms with Gasteiger partial charge in [0.1, 0.15) is 53.9 Å². The molecule has 1 aliphatic heterocycles. The van der Waals surface area contributed by atoms with Gasteiger partial charge in [-0.2, -0.15) is 25.3 Å². The number of imide groups is 1. The molecular weight excluding hydrogens is 1070 g/mol. The number of thiol groups is 2. The molecule has 1 fully saturated rings. The van der Waals surface area contributed by atoms with Crippen molar-refractivity contribution in [2.45, 2.75) is 133 Å². The molecule has 5 rings (SSSR count). The highest BCUT2D eigenvalue weighted by Gasteiger charge is 2.49. The molecule has 2 aromatic carbocycles. The number of primary amides is 1. The lowest BCUT2D eigenvalue weighted by Gasteiger charge is -2.28. The van der Waals surface area contributed by atoms with E-state index in [1.54, 1.807) is 42.6 Å². The van der Waals surface area contributed by atoms with Crippen molar-refractivity contribution in [1.82, 2.24) is 62.4 Å². The van der Waals surface area contributed by atoms with E-state index in [2.05, 4.69) is 87.7 Å². The largest absolute Gasteiger partial charge is 0.370 e. The number of unbranched alkanes of at least 4 members (excludes halogenated alkanes) is 1. The lowest BCUT2D eigenvalue weighted by molar-refractivity contribution is -0.139. The number of H-pyrrole nitrogens is 2. The molecule has 80 heavy (non-hydrogen) atoms. The summed E-state index contributed by atoms with van der Waals surface area (Å²) in [6.07, 6.45) is 5.39. The standard InChI is InChI=1S/C52H72N16O10S2/c1-5-6-18-40(68-49(77)52(3,4)67-51(68)78)48(76)66-39(26-80)47(75)60-28(2)42(70)62-37(22-31-24-56-27-59-31)46(74)63-35(20-29-13-8-7-9-14-29)44(72)61-34(17-12-19-57-50(54)55)43(71)64-36(45(73)65-38(25-79)41(53)69)21-30-23-58-33-16-11-10-15-32(30)33/h7-11,13-16,23-24,27-28,34-40,58,79-80H,5-6,12,17-22,25-26H2,1-4H3,(H2,53,69)(H,56,59)(H,60,75)(H,61,72)(H,62,70)(H,63,74)(H,64,71)(H,65,73)(H,66,76)(H,67,78)(H4,54,55,57)/t28-,34+,35-,36-,37+,38+,39+,40-/m0/s1. The topological polar surface area (TPSA) is 405 Å². The van der Waals surface area contributed by atoms with E-state index in [1.165, 1.54) is 33.3 Å². The Bertz CT molecular complexity index is 2860. The smallest absolute Gasteiger partial charge is 0.325 e. The first-order valence-corrected chi connectivity index (χ1v) is 27.2. The van der Waals surface area contributed by atoms with Crippen LogP contribution in [0.25, 0.3) is 10.9 Å². The average molecular weight is 1150 g/mol. The van der Waals surface area contributed by atoms with Gasteiger partial charge in [-0.15, -0.1) is 0 Å². The number of hydrogen-bond acceptors (Lipinski definition) is 14. The molecule has 8 atom stereocenters. The van der Waals surface area contributed by atoms with Gasteiger partial charge in [-0.1, -0.05) is 68.3 Å². The summed E-state index contributed by atoms with van der Waals surface area (Å²) in [5, 5.41) is 21.8. The summed E-state index contributed by atoms with van der Waals surface area (Å²) in [7, 11) is 0. The van der Waals surface area contributed by atoms with Crippen molar-refractivity contribution < 1.29 is 47.9 Å². The van der Waals surface area contributed by atoms with Crippen LogP contribution in [-0.4, -0.2) is 157 Å². The predicted octanol–water partition coefficient (Wildman–Crippen LogP) is -1.38. The number of benzene rings is 2. The Morgan fingerprint density at radius 2 is 1.23 bits per heavy atom. The number of urea groups is 1. The highest BCUT2D eigenvalue weighted by Crippen LogP contribution is 2.23. The first-order chi connectivity index (χ1) is 38.1. The summed E-state index contributed by atoms with van der Waals surface area (Å²) in [6, 6.07) is 4.50. The van der Waals surface area contributed by atoms with Crippen LogP contribution in [0.5, 0.6) is 0 Å². The van der Waals surface area contributed by atoms with E-state index in [0.29, 0.717) is 29.7 Å². The molecule has 16 N–H and O–H groups in total. The third-order valence-corrected chi connectivity index (χ3v) is 13.8. The molecule has 28 heteroatoms. The molecule has 0 saturated carbocycles. The molecule has 1 aliphatic rings. The number of aromatic nitrogens is 3. The Kier molecular flexibility index (Phi) is 23.3. The molecule has 0 radical (unpaired) electrons. The van der Waals surface area contributed by atoms with E-state index >= 15 is 0 Å². The average Bonchev–Trinajstić information content (AvgIpc) is 4.14. The number of nitrogens with one attached hydrogen (secondary N) is 10. The fraction of sp³-hybridized carbons (Fsp3) is 0.462. The van der Waals surface area contributed by atoms with Gasteiger partial charge in [-0.25, -0.2) is 14.7 Å². The number of carbonyl (C=O) groups is 10. The first kappa shape index (κ1) is 62.7. The van der Waals surface area contributed by atoms with E-state index in [0.717, 1.165) is 15.8 Å². The molecule has 4 aromatic rings. The first-order valence-electron chi connectivity index (χ1n) is 26.0. The molecule has 0 aliphatic carbocycles. The number of guanidine groups is 1. The maximum absolute atomic E-state index is 14.7. The monoisotopic (exact) mass is 1140 g/mol. The molecule has 432 valence electrons. The third-order valence-electron chi connectivity index (χ3n) is 13.1. The Labute approximate surface area is 473 Å². The van der Waals surface area contributed by atoms with Gasteiger partial charge in [-0.3, -0.25) is 48.1 Å². The van der Waals surface area contributed by atoms with Crippen LogP contribution in [0.3, 0.4) is 0 Å². The molecule has 1 saturated heterocycles. The number of carbonyl (C=O) groups excluding carboxylic acids is 10. The number of imidazole rings is 1. The van der Waals surface area contributed by atoms with Crippen molar-refractivity contribution in [3.63, 3.8) is 0 Å². The van der Waals surface area contributed by atoms with Crippen molar-refractivity contribution >= 4 is 101 Å². The summed E-state index contributed by atoms with van der Waals surface area (Å²) in [5.74, 6) is -7.83. The number of fused-ring (bicyclic) bond motifs is 1. The number of hydrogen-bond donors (Lipinski definition) is 15. The van der Waals surface area contributed by atoms with Crippen LogP contribution >= 0.6 is 25.3 Å². The molecule has 3 heterocycles. The van der Waals surface area contributed by atoms with E-state index < -0.39 is 113 Å². The predicted molar refractivity (Wildman–Crippen MR) is 303 cm³/mol. The van der Waals surface area contributed by atoms with Gasteiger partial charge in [0.15, 0.2) is 5.96 Å². The third kappa shape index (κ3) is 17.7. The quantitative estimate of drug-likeness (QED) is 0.00910. The maximum atomic E-state index is 14.7. The molecule has 0 unspecified atom stereocenters. The van der Waals surface area contributed by atoms with Crippen LogP contribution in [0.4, 0.5) is 4.79 Å². The van der Waals surface area contributed by atoms with E-state index in [9.17, 15) is 47.9 Å². The van der Waals surface area contributed by atoms with Crippen LogP contribution < -0.4 is 59.7 Å². The summed E-state index contributed by atoms with van der Waals surface area (Å²) in [4.78, 5) is 152. The Balaban J connectivity index is 1.37. The van der Waals surface area contributed by atoms with Crippen molar-refractivity contribution in [3.8, 4) is 0 Å². The van der Waals surface area contributed by atoms with Crippen molar-refractivity contribution in [3.05, 3.63) is 90.1 Å². The molecular formula is C52H72N16O10S2. The lowest BCUT2D eigenvalue weighted by atomic mass is 10.0. The Morgan fingerprint density at radius 3 is 1.81 bits per heavy atom. The second kappa shape index (κ2) is 29.7. The van der Waals surface area contributed by atoms with E-state index in [4.69, 9.17) is 17.2 Å².